The second kappa shape index (κ2) is 11.0. The summed E-state index contributed by atoms with van der Waals surface area (Å²) in [6, 6.07) is 55.9. The molecule has 47 heavy (non-hydrogen) atoms. The standard InChI is InChI=1S/C43H30N4/c1-46-41-17-8-6-15-38(41)45-43(46)34-22-23-37-36-14-5-7-16-40(36)47(42(37)28-34)35-13-9-12-33(26-35)39-27-32(24-25-44-39)31-20-18-30(19-21-31)29-10-3-2-4-11-29/h2-28H,1H3. The summed E-state index contributed by atoms with van der Waals surface area (Å²) in [5, 5.41) is 2.44. The van der Waals surface area contributed by atoms with Crippen LogP contribution in [0.1, 0.15) is 0 Å². The molecule has 9 aromatic rings. The van der Waals surface area contributed by atoms with E-state index < -0.39 is 0 Å². The first-order chi connectivity index (χ1) is 23.2. The molecule has 0 atom stereocenters. The van der Waals surface area contributed by atoms with Crippen LogP contribution in [-0.4, -0.2) is 19.1 Å². The molecule has 0 unspecified atom stereocenters. The van der Waals surface area contributed by atoms with Crippen LogP contribution < -0.4 is 0 Å². The van der Waals surface area contributed by atoms with Crippen molar-refractivity contribution in [1.82, 2.24) is 19.1 Å². The average molecular weight is 603 g/mol. The van der Waals surface area contributed by atoms with Gasteiger partial charge in [0.2, 0.25) is 0 Å². The van der Waals surface area contributed by atoms with Gasteiger partial charge in [-0.1, -0.05) is 109 Å². The first kappa shape index (κ1) is 27.1. The Kier molecular flexibility index (Phi) is 6.32. The van der Waals surface area contributed by atoms with Crippen LogP contribution in [0.4, 0.5) is 0 Å². The van der Waals surface area contributed by atoms with Gasteiger partial charge in [-0.3, -0.25) is 4.98 Å². The number of nitrogens with zero attached hydrogens (tertiary/aromatic N) is 4. The number of aromatic nitrogens is 4. The van der Waals surface area contributed by atoms with Crippen LogP contribution in [0, 0.1) is 0 Å². The average Bonchev–Trinajstić information content (AvgIpc) is 3.66. The zero-order chi connectivity index (χ0) is 31.3. The first-order valence-corrected chi connectivity index (χ1v) is 15.9. The molecule has 0 aliphatic heterocycles. The highest BCUT2D eigenvalue weighted by Crippen LogP contribution is 2.36. The number of hydrogen-bond acceptors (Lipinski definition) is 2. The minimum Gasteiger partial charge on any atom is -0.327 e. The van der Waals surface area contributed by atoms with Crippen LogP contribution in [0.5, 0.6) is 0 Å². The lowest BCUT2D eigenvalue weighted by Crippen LogP contribution is -1.96. The van der Waals surface area contributed by atoms with Crippen molar-refractivity contribution in [2.24, 2.45) is 7.05 Å². The molecular weight excluding hydrogens is 573 g/mol. The summed E-state index contributed by atoms with van der Waals surface area (Å²) >= 11 is 0. The maximum absolute atomic E-state index is 5.00. The van der Waals surface area contributed by atoms with Gasteiger partial charge in [-0.15, -0.1) is 0 Å². The van der Waals surface area contributed by atoms with Crippen molar-refractivity contribution >= 4 is 32.8 Å². The van der Waals surface area contributed by atoms with Gasteiger partial charge in [-0.25, -0.2) is 4.98 Å². The van der Waals surface area contributed by atoms with Crippen LogP contribution in [0.25, 0.3) is 83.4 Å². The minimum absolute atomic E-state index is 0.942. The van der Waals surface area contributed by atoms with Gasteiger partial charge in [-0.05, 0) is 70.8 Å². The molecule has 0 bridgehead atoms. The van der Waals surface area contributed by atoms with Crippen molar-refractivity contribution in [1.29, 1.82) is 0 Å². The zero-order valence-corrected chi connectivity index (χ0v) is 25.9. The van der Waals surface area contributed by atoms with Crippen molar-refractivity contribution in [3.05, 3.63) is 164 Å². The van der Waals surface area contributed by atoms with Gasteiger partial charge in [0.1, 0.15) is 5.82 Å². The van der Waals surface area contributed by atoms with Gasteiger partial charge in [0.05, 0.1) is 27.8 Å². The lowest BCUT2D eigenvalue weighted by Gasteiger charge is -2.12. The molecule has 222 valence electrons. The van der Waals surface area contributed by atoms with E-state index in [-0.39, 0.29) is 0 Å². The molecule has 0 aliphatic carbocycles. The SMILES string of the molecule is Cn1c(-c2ccc3c4ccccc4n(-c4cccc(-c5cc(-c6ccc(-c7ccccc7)cc6)ccn5)c4)c3c2)nc2ccccc21. The number of pyridine rings is 1. The monoisotopic (exact) mass is 602 g/mol. The molecule has 9 rings (SSSR count). The van der Waals surface area contributed by atoms with Gasteiger partial charge < -0.3 is 9.13 Å². The van der Waals surface area contributed by atoms with E-state index >= 15 is 0 Å². The Hall–Kier alpha value is -6.26. The van der Waals surface area contributed by atoms with Crippen LogP contribution in [-0.2, 0) is 7.05 Å². The predicted octanol–water partition coefficient (Wildman–Crippen LogP) is 10.7. The van der Waals surface area contributed by atoms with Gasteiger partial charge in [0.15, 0.2) is 0 Å². The van der Waals surface area contributed by atoms with Gasteiger partial charge in [-0.2, -0.15) is 0 Å². The molecular formula is C43H30N4. The molecule has 6 aromatic carbocycles. The third-order valence-electron chi connectivity index (χ3n) is 9.20. The molecule has 0 saturated carbocycles. The molecule has 3 heterocycles. The highest BCUT2D eigenvalue weighted by molar-refractivity contribution is 6.10. The van der Waals surface area contributed by atoms with Gasteiger partial charge in [0.25, 0.3) is 0 Å². The number of benzene rings is 6. The van der Waals surface area contributed by atoms with Crippen molar-refractivity contribution in [3.63, 3.8) is 0 Å². The maximum Gasteiger partial charge on any atom is 0.140 e. The fourth-order valence-corrected chi connectivity index (χ4v) is 6.85. The number of imidazole rings is 1. The third-order valence-corrected chi connectivity index (χ3v) is 9.20. The molecule has 0 aliphatic rings. The van der Waals surface area contributed by atoms with Crippen LogP contribution in [0.3, 0.4) is 0 Å². The fraction of sp³-hybridized carbons (Fsp3) is 0.0233. The molecule has 0 spiro atoms. The van der Waals surface area contributed by atoms with E-state index in [9.17, 15) is 0 Å². The molecule has 0 radical (unpaired) electrons. The Morgan fingerprint density at radius 3 is 1.94 bits per heavy atom. The summed E-state index contributed by atoms with van der Waals surface area (Å²) < 4.78 is 4.55. The first-order valence-electron chi connectivity index (χ1n) is 15.9. The number of fused-ring (bicyclic) bond motifs is 4. The normalized spacial score (nSPS) is 11.5. The lowest BCUT2D eigenvalue weighted by atomic mass is 9.99. The van der Waals surface area contributed by atoms with Crippen molar-refractivity contribution in [2.75, 3.05) is 0 Å². The molecule has 0 N–H and O–H groups in total. The molecule has 0 amide bonds. The predicted molar refractivity (Wildman–Crippen MR) is 195 cm³/mol. The summed E-state index contributed by atoms with van der Waals surface area (Å²) in [6.07, 6.45) is 1.91. The number of para-hydroxylation sites is 3. The van der Waals surface area contributed by atoms with E-state index in [2.05, 4.69) is 162 Å². The lowest BCUT2D eigenvalue weighted by molar-refractivity contribution is 0.959. The van der Waals surface area contributed by atoms with E-state index in [0.717, 1.165) is 50.4 Å². The number of hydrogen-bond donors (Lipinski definition) is 0. The summed E-state index contributed by atoms with van der Waals surface area (Å²) in [5.41, 5.74) is 13.4. The molecule has 0 fully saturated rings. The maximum atomic E-state index is 5.00. The number of aryl methyl sites for hydroxylation is 1. The van der Waals surface area contributed by atoms with E-state index in [4.69, 9.17) is 9.97 Å². The largest absolute Gasteiger partial charge is 0.327 e. The zero-order valence-electron chi connectivity index (χ0n) is 25.9. The van der Waals surface area contributed by atoms with Crippen molar-refractivity contribution in [2.45, 2.75) is 0 Å². The van der Waals surface area contributed by atoms with Crippen LogP contribution >= 0.6 is 0 Å². The Bertz CT molecular complexity index is 2570. The third kappa shape index (κ3) is 4.62. The Balaban J connectivity index is 1.14. The van der Waals surface area contributed by atoms with Crippen LogP contribution in [0.15, 0.2) is 164 Å². The highest BCUT2D eigenvalue weighted by Gasteiger charge is 2.16. The molecule has 4 nitrogen and oxygen atoms in total. The fourth-order valence-electron chi connectivity index (χ4n) is 6.85. The second-order valence-electron chi connectivity index (χ2n) is 12.0. The summed E-state index contributed by atoms with van der Waals surface area (Å²) in [6.45, 7) is 0. The van der Waals surface area contributed by atoms with Gasteiger partial charge >= 0.3 is 0 Å². The quantitative estimate of drug-likeness (QED) is 0.196. The Morgan fingerprint density at radius 1 is 0.447 bits per heavy atom. The van der Waals surface area contributed by atoms with E-state index in [1.807, 2.05) is 18.3 Å². The number of rotatable bonds is 5. The Morgan fingerprint density at radius 2 is 1.11 bits per heavy atom. The minimum atomic E-state index is 0.942. The molecule has 4 heteroatoms. The van der Waals surface area contributed by atoms with E-state index in [0.29, 0.717) is 0 Å². The van der Waals surface area contributed by atoms with E-state index in [1.54, 1.807) is 0 Å². The summed E-state index contributed by atoms with van der Waals surface area (Å²) in [4.78, 5) is 9.81. The van der Waals surface area contributed by atoms with E-state index in [1.165, 1.54) is 33.0 Å². The van der Waals surface area contributed by atoms with Crippen LogP contribution in [0.2, 0.25) is 0 Å². The Labute approximate surface area is 272 Å². The summed E-state index contributed by atoms with van der Waals surface area (Å²) in [7, 11) is 2.09. The second-order valence-corrected chi connectivity index (χ2v) is 12.0. The molecule has 0 saturated heterocycles. The van der Waals surface area contributed by atoms with Crippen molar-refractivity contribution in [3.8, 4) is 50.6 Å². The van der Waals surface area contributed by atoms with Crippen molar-refractivity contribution < 1.29 is 0 Å². The van der Waals surface area contributed by atoms with Gasteiger partial charge in [0, 0.05) is 40.8 Å². The summed E-state index contributed by atoms with van der Waals surface area (Å²) in [5.74, 6) is 0.955. The molecule has 3 aromatic heterocycles. The smallest absolute Gasteiger partial charge is 0.140 e. The highest BCUT2D eigenvalue weighted by atomic mass is 15.1. The topological polar surface area (TPSA) is 35.6 Å².